The van der Waals surface area contributed by atoms with Crippen molar-refractivity contribution in [2.45, 2.75) is 38.6 Å². The lowest BCUT2D eigenvalue weighted by Gasteiger charge is -2.12. The van der Waals surface area contributed by atoms with Gasteiger partial charge in [0.25, 0.3) is 0 Å². The van der Waals surface area contributed by atoms with Crippen LogP contribution in [0.3, 0.4) is 0 Å². The van der Waals surface area contributed by atoms with Crippen LogP contribution in [0.25, 0.3) is 0 Å². The van der Waals surface area contributed by atoms with Gasteiger partial charge in [0.05, 0.1) is 5.69 Å². The minimum Gasteiger partial charge on any atom is -0.311 e. The molecule has 0 atom stereocenters. The summed E-state index contributed by atoms with van der Waals surface area (Å²) in [6.07, 6.45) is 10.8. The van der Waals surface area contributed by atoms with Crippen molar-refractivity contribution in [1.82, 2.24) is 15.1 Å². The topological polar surface area (TPSA) is 29.9 Å². The maximum absolute atomic E-state index is 4.15. The molecule has 0 bridgehead atoms. The summed E-state index contributed by atoms with van der Waals surface area (Å²) >= 11 is 0. The number of nitrogens with zero attached hydrogens (tertiary/aromatic N) is 2. The highest BCUT2D eigenvalue weighted by molar-refractivity contribution is 5.05. The Morgan fingerprint density at radius 2 is 2.38 bits per heavy atom. The van der Waals surface area contributed by atoms with Crippen molar-refractivity contribution in [2.75, 3.05) is 6.54 Å². The number of allylic oxidation sites excluding steroid dienone is 1. The van der Waals surface area contributed by atoms with E-state index in [1.54, 1.807) is 5.57 Å². The second-order valence-corrected chi connectivity index (χ2v) is 4.48. The molecule has 0 amide bonds. The fraction of sp³-hybridized carbons (Fsp3) is 0.615. The molecular weight excluding hydrogens is 198 g/mol. The van der Waals surface area contributed by atoms with Crippen molar-refractivity contribution in [3.8, 4) is 0 Å². The second-order valence-electron chi connectivity index (χ2n) is 4.48. The zero-order valence-corrected chi connectivity index (χ0v) is 10.1. The average Bonchev–Trinajstić information content (AvgIpc) is 2.72. The van der Waals surface area contributed by atoms with E-state index in [0.717, 1.165) is 13.1 Å². The maximum atomic E-state index is 4.15. The van der Waals surface area contributed by atoms with E-state index in [9.17, 15) is 0 Å². The predicted molar refractivity (Wildman–Crippen MR) is 66.1 cm³/mol. The Hall–Kier alpha value is -1.09. The van der Waals surface area contributed by atoms with Gasteiger partial charge in [-0.25, -0.2) is 0 Å². The summed E-state index contributed by atoms with van der Waals surface area (Å²) in [7, 11) is 1.99. The summed E-state index contributed by atoms with van der Waals surface area (Å²) in [6.45, 7) is 2.00. The first-order valence-corrected chi connectivity index (χ1v) is 6.22. The van der Waals surface area contributed by atoms with E-state index in [4.69, 9.17) is 0 Å². The monoisotopic (exact) mass is 219 g/mol. The molecule has 0 saturated heterocycles. The number of aromatic nitrogens is 2. The number of hydrogen-bond acceptors (Lipinski definition) is 2. The molecule has 0 aliphatic heterocycles. The Kier molecular flexibility index (Phi) is 4.17. The van der Waals surface area contributed by atoms with Gasteiger partial charge in [-0.05, 0) is 44.7 Å². The molecule has 88 valence electrons. The van der Waals surface area contributed by atoms with Crippen molar-refractivity contribution in [2.24, 2.45) is 7.05 Å². The third kappa shape index (κ3) is 3.20. The summed E-state index contributed by atoms with van der Waals surface area (Å²) in [4.78, 5) is 0. The van der Waals surface area contributed by atoms with Crippen LogP contribution >= 0.6 is 0 Å². The molecule has 3 heteroatoms. The van der Waals surface area contributed by atoms with Crippen molar-refractivity contribution in [3.05, 3.63) is 29.6 Å². The maximum Gasteiger partial charge on any atom is 0.0518 e. The Morgan fingerprint density at radius 3 is 3.06 bits per heavy atom. The van der Waals surface area contributed by atoms with Gasteiger partial charge in [-0.15, -0.1) is 0 Å². The van der Waals surface area contributed by atoms with Crippen LogP contribution in [0.4, 0.5) is 0 Å². The molecule has 0 saturated carbocycles. The lowest BCUT2D eigenvalue weighted by atomic mass is 9.97. The third-order valence-corrected chi connectivity index (χ3v) is 3.24. The molecule has 0 unspecified atom stereocenters. The second kappa shape index (κ2) is 5.85. The number of nitrogens with one attached hydrogen (secondary N) is 1. The number of hydrogen-bond donors (Lipinski definition) is 1. The summed E-state index contributed by atoms with van der Waals surface area (Å²) in [5.41, 5.74) is 2.89. The predicted octanol–water partition coefficient (Wildman–Crippen LogP) is 2.40. The molecule has 1 aromatic rings. The Bertz CT molecular complexity index is 352. The van der Waals surface area contributed by atoms with Crippen LogP contribution in [0, 0.1) is 0 Å². The van der Waals surface area contributed by atoms with Crippen LogP contribution in [0.5, 0.6) is 0 Å². The first kappa shape index (κ1) is 11.4. The van der Waals surface area contributed by atoms with Gasteiger partial charge in [0.1, 0.15) is 0 Å². The average molecular weight is 219 g/mol. The molecule has 3 nitrogen and oxygen atoms in total. The van der Waals surface area contributed by atoms with Crippen LogP contribution in [0.1, 0.15) is 37.8 Å². The number of aryl methyl sites for hydroxylation is 1. The van der Waals surface area contributed by atoms with Gasteiger partial charge in [-0.3, -0.25) is 4.68 Å². The van der Waals surface area contributed by atoms with Crippen LogP contribution in [-0.4, -0.2) is 16.3 Å². The van der Waals surface area contributed by atoms with E-state index in [2.05, 4.69) is 22.6 Å². The van der Waals surface area contributed by atoms with Crippen LogP contribution < -0.4 is 5.32 Å². The van der Waals surface area contributed by atoms with Crippen LogP contribution in [0.2, 0.25) is 0 Å². The van der Waals surface area contributed by atoms with Gasteiger partial charge in [0, 0.05) is 19.8 Å². The minimum atomic E-state index is 0.920. The van der Waals surface area contributed by atoms with E-state index >= 15 is 0 Å². The quantitative estimate of drug-likeness (QED) is 0.609. The van der Waals surface area contributed by atoms with Gasteiger partial charge in [-0.1, -0.05) is 11.6 Å². The highest BCUT2D eigenvalue weighted by Gasteiger charge is 2.03. The van der Waals surface area contributed by atoms with Gasteiger partial charge >= 0.3 is 0 Å². The summed E-state index contributed by atoms with van der Waals surface area (Å²) in [5, 5.41) is 7.62. The standard InChI is InChI=1S/C13H21N3/c1-16-13(8-10-15-16)11-14-9-7-12-5-3-2-4-6-12/h5,8,10,14H,2-4,6-7,9,11H2,1H3. The highest BCUT2D eigenvalue weighted by atomic mass is 15.3. The SMILES string of the molecule is Cn1nccc1CNCCC1=CCCCC1. The highest BCUT2D eigenvalue weighted by Crippen LogP contribution is 2.19. The van der Waals surface area contributed by atoms with Gasteiger partial charge < -0.3 is 5.32 Å². The Labute approximate surface area is 97.5 Å². The summed E-state index contributed by atoms with van der Waals surface area (Å²) < 4.78 is 1.92. The molecular formula is C13H21N3. The van der Waals surface area contributed by atoms with Crippen molar-refractivity contribution in [1.29, 1.82) is 0 Å². The molecule has 2 rings (SSSR count). The molecule has 0 fully saturated rings. The molecule has 1 heterocycles. The van der Waals surface area contributed by atoms with E-state index in [1.807, 2.05) is 17.9 Å². The molecule has 1 aliphatic carbocycles. The third-order valence-electron chi connectivity index (χ3n) is 3.24. The van der Waals surface area contributed by atoms with E-state index in [-0.39, 0.29) is 0 Å². The van der Waals surface area contributed by atoms with Crippen molar-refractivity contribution >= 4 is 0 Å². The normalized spacial score (nSPS) is 16.2. The Balaban J connectivity index is 1.65. The summed E-state index contributed by atoms with van der Waals surface area (Å²) in [5.74, 6) is 0. The first-order chi connectivity index (χ1) is 7.86. The molecule has 0 spiro atoms. The lowest BCUT2D eigenvalue weighted by molar-refractivity contribution is 0.605. The zero-order valence-electron chi connectivity index (χ0n) is 10.1. The smallest absolute Gasteiger partial charge is 0.0518 e. The number of rotatable bonds is 5. The van der Waals surface area contributed by atoms with Crippen LogP contribution in [-0.2, 0) is 13.6 Å². The minimum absolute atomic E-state index is 0.920. The van der Waals surface area contributed by atoms with Gasteiger partial charge in [-0.2, -0.15) is 5.10 Å². The fourth-order valence-electron chi connectivity index (χ4n) is 2.17. The van der Waals surface area contributed by atoms with E-state index < -0.39 is 0 Å². The van der Waals surface area contributed by atoms with Crippen LogP contribution in [0.15, 0.2) is 23.9 Å². The van der Waals surface area contributed by atoms with Crippen molar-refractivity contribution < 1.29 is 0 Å². The molecule has 0 aromatic carbocycles. The zero-order chi connectivity index (χ0) is 11.2. The molecule has 1 aromatic heterocycles. The first-order valence-electron chi connectivity index (χ1n) is 6.22. The van der Waals surface area contributed by atoms with Gasteiger partial charge in [0.2, 0.25) is 0 Å². The summed E-state index contributed by atoms with van der Waals surface area (Å²) in [6, 6.07) is 2.06. The fourth-order valence-corrected chi connectivity index (χ4v) is 2.17. The van der Waals surface area contributed by atoms with E-state index in [0.29, 0.717) is 0 Å². The largest absolute Gasteiger partial charge is 0.311 e. The molecule has 1 aliphatic rings. The van der Waals surface area contributed by atoms with Crippen molar-refractivity contribution in [3.63, 3.8) is 0 Å². The van der Waals surface area contributed by atoms with E-state index in [1.165, 1.54) is 37.8 Å². The molecule has 16 heavy (non-hydrogen) atoms. The molecule has 1 N–H and O–H groups in total. The Morgan fingerprint density at radius 1 is 1.44 bits per heavy atom. The lowest BCUT2D eigenvalue weighted by Crippen LogP contribution is -2.17. The van der Waals surface area contributed by atoms with Gasteiger partial charge in [0.15, 0.2) is 0 Å². The molecule has 0 radical (unpaired) electrons.